The van der Waals surface area contributed by atoms with Gasteiger partial charge in [0.05, 0.1) is 35.8 Å². The lowest BCUT2D eigenvalue weighted by Crippen LogP contribution is -2.66. The van der Waals surface area contributed by atoms with Crippen LogP contribution >= 0.6 is 22.9 Å². The topological polar surface area (TPSA) is 75.0 Å². The maximum atomic E-state index is 13.3. The van der Waals surface area contributed by atoms with E-state index in [1.807, 2.05) is 24.0 Å². The van der Waals surface area contributed by atoms with E-state index in [1.54, 1.807) is 18.2 Å². The van der Waals surface area contributed by atoms with Gasteiger partial charge in [0.15, 0.2) is 11.5 Å². The Bertz CT molecular complexity index is 1040. The summed E-state index contributed by atoms with van der Waals surface area (Å²) < 4.78 is 18.1. The van der Waals surface area contributed by atoms with Crippen molar-refractivity contribution in [3.8, 4) is 17.6 Å². The molecule has 0 radical (unpaired) electrons. The number of thiophene rings is 1. The first-order valence-corrected chi connectivity index (χ1v) is 12.3. The Hall–Kier alpha value is -2.31. The molecular formula is C24H28ClN3O4S. The van der Waals surface area contributed by atoms with Gasteiger partial charge < -0.3 is 19.1 Å². The van der Waals surface area contributed by atoms with Gasteiger partial charge in [0.2, 0.25) is 6.10 Å². The van der Waals surface area contributed by atoms with Crippen LogP contribution in [0.1, 0.15) is 37.3 Å². The molecule has 7 nitrogen and oxygen atoms in total. The van der Waals surface area contributed by atoms with Crippen LogP contribution in [0.5, 0.6) is 11.5 Å². The average molecular weight is 490 g/mol. The molecule has 2 atom stereocenters. The normalized spacial score (nSPS) is 21.4. The quantitative estimate of drug-likeness (QED) is 0.519. The second-order valence-electron chi connectivity index (χ2n) is 8.71. The Morgan fingerprint density at radius 1 is 1.24 bits per heavy atom. The summed E-state index contributed by atoms with van der Waals surface area (Å²) in [6.45, 7) is 10.3. The summed E-state index contributed by atoms with van der Waals surface area (Å²) in [5.74, 6) is 0.839. The third-order valence-electron chi connectivity index (χ3n) is 6.09. The molecule has 0 aliphatic carbocycles. The van der Waals surface area contributed by atoms with Gasteiger partial charge in [-0.15, -0.1) is 11.3 Å². The SMILES string of the molecule is CCOc1cc(C#N)ccc1O[C@H]1C(=O)N(CC(C)(C)N2CCOCC2)[C@H]1c1ccc(Cl)s1. The van der Waals surface area contributed by atoms with E-state index in [0.29, 0.717) is 47.8 Å². The number of hydrogen-bond donors (Lipinski definition) is 0. The van der Waals surface area contributed by atoms with E-state index in [0.717, 1.165) is 18.0 Å². The second kappa shape index (κ2) is 9.90. The molecule has 1 aromatic heterocycles. The van der Waals surface area contributed by atoms with E-state index in [2.05, 4.69) is 24.8 Å². The van der Waals surface area contributed by atoms with E-state index >= 15 is 0 Å². The zero-order chi connectivity index (χ0) is 23.6. The van der Waals surface area contributed by atoms with Crippen LogP contribution in [0, 0.1) is 11.3 Å². The maximum absolute atomic E-state index is 13.3. The molecule has 0 unspecified atom stereocenters. The Labute approximate surface area is 203 Å². The van der Waals surface area contributed by atoms with Crippen LogP contribution in [0.4, 0.5) is 0 Å². The smallest absolute Gasteiger partial charge is 0.266 e. The number of likely N-dealkylation sites (tertiary alicyclic amines) is 1. The van der Waals surface area contributed by atoms with Crippen molar-refractivity contribution in [2.75, 3.05) is 39.5 Å². The predicted molar refractivity (Wildman–Crippen MR) is 127 cm³/mol. The van der Waals surface area contributed by atoms with Crippen LogP contribution in [0.15, 0.2) is 30.3 Å². The number of β-lactam (4-membered cyclic amide) rings is 1. The third kappa shape index (κ3) is 4.97. The summed E-state index contributed by atoms with van der Waals surface area (Å²) in [4.78, 5) is 18.6. The summed E-state index contributed by atoms with van der Waals surface area (Å²) >= 11 is 7.69. The van der Waals surface area contributed by atoms with Gasteiger partial charge in [-0.05, 0) is 45.0 Å². The van der Waals surface area contributed by atoms with Crippen molar-refractivity contribution in [2.45, 2.75) is 38.5 Å². The molecule has 9 heteroatoms. The number of carbonyl (C=O) groups excluding carboxylic acids is 1. The van der Waals surface area contributed by atoms with Crippen LogP contribution in [0.3, 0.4) is 0 Å². The molecular weight excluding hydrogens is 462 g/mol. The predicted octanol–water partition coefficient (Wildman–Crippen LogP) is 4.11. The Morgan fingerprint density at radius 2 is 2.00 bits per heavy atom. The van der Waals surface area contributed by atoms with E-state index in [1.165, 1.54) is 11.3 Å². The molecule has 176 valence electrons. The molecule has 0 spiro atoms. The van der Waals surface area contributed by atoms with E-state index in [9.17, 15) is 10.1 Å². The van der Waals surface area contributed by atoms with Crippen LogP contribution < -0.4 is 9.47 Å². The van der Waals surface area contributed by atoms with Gasteiger partial charge in [-0.3, -0.25) is 9.69 Å². The van der Waals surface area contributed by atoms with Gasteiger partial charge in [0, 0.05) is 36.1 Å². The highest BCUT2D eigenvalue weighted by Crippen LogP contribution is 2.44. The molecule has 3 heterocycles. The lowest BCUT2D eigenvalue weighted by molar-refractivity contribution is -0.168. The van der Waals surface area contributed by atoms with Crippen LogP contribution in [0.2, 0.25) is 4.34 Å². The molecule has 0 bridgehead atoms. The van der Waals surface area contributed by atoms with Gasteiger partial charge in [-0.25, -0.2) is 0 Å². The van der Waals surface area contributed by atoms with Crippen molar-refractivity contribution in [1.29, 1.82) is 5.26 Å². The third-order valence-corrected chi connectivity index (χ3v) is 7.39. The fourth-order valence-corrected chi connectivity index (χ4v) is 5.56. The number of morpholine rings is 1. The zero-order valence-corrected chi connectivity index (χ0v) is 20.6. The van der Waals surface area contributed by atoms with Gasteiger partial charge >= 0.3 is 0 Å². The van der Waals surface area contributed by atoms with Crippen molar-refractivity contribution in [3.05, 3.63) is 45.1 Å². The molecule has 2 aromatic rings. The number of carbonyl (C=O) groups is 1. The van der Waals surface area contributed by atoms with Crippen molar-refractivity contribution >= 4 is 28.8 Å². The van der Waals surface area contributed by atoms with E-state index in [4.69, 9.17) is 25.8 Å². The van der Waals surface area contributed by atoms with Gasteiger partial charge in [-0.1, -0.05) is 11.6 Å². The van der Waals surface area contributed by atoms with Gasteiger partial charge in [0.25, 0.3) is 5.91 Å². The maximum Gasteiger partial charge on any atom is 0.266 e. The number of ether oxygens (including phenoxy) is 3. The standard InChI is InChI=1S/C24H28ClN3O4S/c1-4-31-18-13-16(14-26)5-6-17(18)32-22-21(19-7-8-20(25)33-19)28(23(22)29)15-24(2,3)27-9-11-30-12-10-27/h5-8,13,21-22H,4,9-12,15H2,1-3H3/t21-,22+/m0/s1. The lowest BCUT2D eigenvalue weighted by Gasteiger charge is -2.51. The Kier molecular flexibility index (Phi) is 7.15. The summed E-state index contributed by atoms with van der Waals surface area (Å²) in [6.07, 6.45) is -0.688. The molecule has 0 saturated carbocycles. The molecule has 0 N–H and O–H groups in total. The minimum absolute atomic E-state index is 0.0716. The zero-order valence-electron chi connectivity index (χ0n) is 19.0. The molecule has 1 amide bonds. The van der Waals surface area contributed by atoms with Crippen molar-refractivity contribution in [2.24, 2.45) is 0 Å². The molecule has 2 aliphatic heterocycles. The summed E-state index contributed by atoms with van der Waals surface area (Å²) in [6, 6.07) is 10.7. The first-order valence-electron chi connectivity index (χ1n) is 11.1. The average Bonchev–Trinajstić information content (AvgIpc) is 3.24. The fraction of sp³-hybridized carbons (Fsp3) is 0.500. The highest BCUT2D eigenvalue weighted by molar-refractivity contribution is 7.16. The highest BCUT2D eigenvalue weighted by atomic mass is 35.5. The summed E-state index contributed by atoms with van der Waals surface area (Å²) in [7, 11) is 0. The van der Waals surface area contributed by atoms with E-state index in [-0.39, 0.29) is 17.5 Å². The number of rotatable bonds is 8. The summed E-state index contributed by atoms with van der Waals surface area (Å²) in [5, 5.41) is 9.22. The van der Waals surface area contributed by atoms with Crippen molar-refractivity contribution < 1.29 is 19.0 Å². The minimum Gasteiger partial charge on any atom is -0.490 e. The number of nitrogens with zero attached hydrogens (tertiary/aromatic N) is 3. The van der Waals surface area contributed by atoms with Crippen LogP contribution in [-0.4, -0.2) is 66.8 Å². The second-order valence-corrected chi connectivity index (χ2v) is 10.5. The van der Waals surface area contributed by atoms with Crippen LogP contribution in [-0.2, 0) is 9.53 Å². The minimum atomic E-state index is -0.688. The highest BCUT2D eigenvalue weighted by Gasteiger charge is 2.53. The monoisotopic (exact) mass is 489 g/mol. The molecule has 33 heavy (non-hydrogen) atoms. The Morgan fingerprint density at radius 3 is 2.64 bits per heavy atom. The number of halogens is 1. The fourth-order valence-electron chi connectivity index (χ4n) is 4.36. The lowest BCUT2D eigenvalue weighted by atomic mass is 9.91. The number of amides is 1. The number of benzene rings is 1. The van der Waals surface area contributed by atoms with Gasteiger partial charge in [0.1, 0.15) is 6.04 Å². The molecule has 2 saturated heterocycles. The van der Waals surface area contributed by atoms with Crippen molar-refractivity contribution in [1.82, 2.24) is 9.80 Å². The van der Waals surface area contributed by atoms with Crippen LogP contribution in [0.25, 0.3) is 0 Å². The molecule has 2 fully saturated rings. The largest absolute Gasteiger partial charge is 0.490 e. The number of hydrogen-bond acceptors (Lipinski definition) is 7. The van der Waals surface area contributed by atoms with Gasteiger partial charge in [-0.2, -0.15) is 5.26 Å². The Balaban J connectivity index is 1.59. The van der Waals surface area contributed by atoms with E-state index < -0.39 is 6.10 Å². The molecule has 1 aromatic carbocycles. The van der Waals surface area contributed by atoms with Crippen molar-refractivity contribution in [3.63, 3.8) is 0 Å². The molecule has 4 rings (SSSR count). The number of nitriles is 1. The summed E-state index contributed by atoms with van der Waals surface area (Å²) in [5.41, 5.74) is 0.260. The molecule has 2 aliphatic rings. The first-order chi connectivity index (χ1) is 15.8. The first kappa shape index (κ1) is 23.8.